The highest BCUT2D eigenvalue weighted by molar-refractivity contribution is 5.26. The average Bonchev–Trinajstić information content (AvgIpc) is 2.20. The number of hydrogen-bond donors (Lipinski definition) is 1. The zero-order valence-corrected chi connectivity index (χ0v) is 8.16. The molecule has 2 unspecified atom stereocenters. The second-order valence-corrected chi connectivity index (χ2v) is 3.37. The van der Waals surface area contributed by atoms with E-state index < -0.39 is 12.0 Å². The average molecular weight is 193 g/mol. The van der Waals surface area contributed by atoms with Gasteiger partial charge >= 0.3 is 0 Å². The van der Waals surface area contributed by atoms with Crippen LogP contribution in [0, 0.1) is 30.0 Å². The Kier molecular flexibility index (Phi) is 3.21. The lowest BCUT2D eigenvalue weighted by Gasteiger charge is -2.13. The van der Waals surface area contributed by atoms with Gasteiger partial charge in [0.05, 0.1) is 18.1 Å². The van der Waals surface area contributed by atoms with Crippen LogP contribution in [0.5, 0.6) is 0 Å². The van der Waals surface area contributed by atoms with E-state index in [1.54, 1.807) is 19.9 Å². The summed E-state index contributed by atoms with van der Waals surface area (Å²) in [6.45, 7) is 3.26. The molecule has 0 saturated carbocycles. The monoisotopic (exact) mass is 193 g/mol. The van der Waals surface area contributed by atoms with Gasteiger partial charge in [0.1, 0.15) is 5.82 Å². The van der Waals surface area contributed by atoms with Crippen molar-refractivity contribution in [3.63, 3.8) is 0 Å². The molecule has 74 valence electrons. The van der Waals surface area contributed by atoms with Gasteiger partial charge in [0.2, 0.25) is 0 Å². The smallest absolute Gasteiger partial charge is 0.126 e. The summed E-state index contributed by atoms with van der Waals surface area (Å²) in [4.78, 5) is 0. The maximum atomic E-state index is 12.9. The molecule has 1 rings (SSSR count). The Hall–Kier alpha value is -1.40. The summed E-state index contributed by atoms with van der Waals surface area (Å²) in [5, 5.41) is 18.3. The number of nitrogens with zero attached hydrogens (tertiary/aromatic N) is 1. The van der Waals surface area contributed by atoms with Gasteiger partial charge in [0.15, 0.2) is 0 Å². The molecule has 3 heteroatoms. The van der Waals surface area contributed by atoms with Crippen LogP contribution in [0.4, 0.5) is 4.39 Å². The van der Waals surface area contributed by atoms with Gasteiger partial charge in [0, 0.05) is 0 Å². The van der Waals surface area contributed by atoms with Crippen molar-refractivity contribution in [1.82, 2.24) is 0 Å². The van der Waals surface area contributed by atoms with Crippen LogP contribution in [0.25, 0.3) is 0 Å². The molecule has 0 radical (unpaired) electrons. The lowest BCUT2D eigenvalue weighted by molar-refractivity contribution is 0.142. The van der Waals surface area contributed by atoms with E-state index in [-0.39, 0.29) is 5.82 Å². The maximum absolute atomic E-state index is 12.9. The summed E-state index contributed by atoms with van der Waals surface area (Å²) in [6, 6.07) is 6.32. The summed E-state index contributed by atoms with van der Waals surface area (Å²) in [6.07, 6.45) is -0.848. The zero-order valence-electron chi connectivity index (χ0n) is 8.16. The van der Waals surface area contributed by atoms with Crippen molar-refractivity contribution in [1.29, 1.82) is 5.26 Å². The number of benzene rings is 1. The summed E-state index contributed by atoms with van der Waals surface area (Å²) in [7, 11) is 0. The summed E-state index contributed by atoms with van der Waals surface area (Å²) < 4.78 is 12.9. The topological polar surface area (TPSA) is 44.0 Å². The van der Waals surface area contributed by atoms with E-state index in [1.807, 2.05) is 6.07 Å². The van der Waals surface area contributed by atoms with Gasteiger partial charge < -0.3 is 5.11 Å². The van der Waals surface area contributed by atoms with Gasteiger partial charge in [-0.15, -0.1) is 0 Å². The summed E-state index contributed by atoms with van der Waals surface area (Å²) in [5.41, 5.74) is 1.06. The van der Waals surface area contributed by atoms with Gasteiger partial charge in [-0.05, 0) is 31.0 Å². The summed E-state index contributed by atoms with van der Waals surface area (Å²) >= 11 is 0. The molecule has 0 spiro atoms. The molecule has 1 N–H and O–H groups in total. The van der Waals surface area contributed by atoms with Crippen LogP contribution in [0.2, 0.25) is 0 Å². The van der Waals surface area contributed by atoms with Crippen LogP contribution >= 0.6 is 0 Å². The van der Waals surface area contributed by atoms with Gasteiger partial charge in [-0.25, -0.2) is 4.39 Å². The second kappa shape index (κ2) is 4.21. The molecule has 0 aliphatic carbocycles. The van der Waals surface area contributed by atoms with E-state index in [4.69, 9.17) is 5.26 Å². The van der Waals surface area contributed by atoms with E-state index >= 15 is 0 Å². The van der Waals surface area contributed by atoms with Crippen LogP contribution in [-0.2, 0) is 0 Å². The lowest BCUT2D eigenvalue weighted by atomic mass is 9.97. The van der Waals surface area contributed by atoms with Gasteiger partial charge in [0.25, 0.3) is 0 Å². The van der Waals surface area contributed by atoms with Crippen LogP contribution in [0.3, 0.4) is 0 Å². The molecule has 0 heterocycles. The molecule has 0 aliphatic heterocycles. The first-order chi connectivity index (χ1) is 6.56. The molecule has 0 saturated heterocycles. The minimum Gasteiger partial charge on any atom is -0.387 e. The Morgan fingerprint density at radius 2 is 2.14 bits per heavy atom. The highest BCUT2D eigenvalue weighted by Gasteiger charge is 2.16. The van der Waals surface area contributed by atoms with Gasteiger partial charge in [-0.3, -0.25) is 0 Å². The third-order valence-electron chi connectivity index (χ3n) is 2.20. The Bertz CT molecular complexity index is 370. The number of nitriles is 1. The molecule has 1 aromatic rings. The van der Waals surface area contributed by atoms with Crippen LogP contribution < -0.4 is 0 Å². The van der Waals surface area contributed by atoms with E-state index in [9.17, 15) is 9.50 Å². The SMILES string of the molecule is Cc1cc(C(O)C(C)C#N)ccc1F. The Morgan fingerprint density at radius 3 is 2.64 bits per heavy atom. The van der Waals surface area contributed by atoms with Crippen molar-refractivity contribution in [3.8, 4) is 6.07 Å². The van der Waals surface area contributed by atoms with E-state index in [0.717, 1.165) is 0 Å². The molecular weight excluding hydrogens is 181 g/mol. The number of rotatable bonds is 2. The molecule has 14 heavy (non-hydrogen) atoms. The molecular formula is C11H12FNO. The Morgan fingerprint density at radius 1 is 1.50 bits per heavy atom. The lowest BCUT2D eigenvalue weighted by Crippen LogP contribution is -2.07. The van der Waals surface area contributed by atoms with Crippen molar-refractivity contribution < 1.29 is 9.50 Å². The molecule has 0 aliphatic rings. The minimum atomic E-state index is -0.848. The first kappa shape index (κ1) is 10.7. The maximum Gasteiger partial charge on any atom is 0.126 e. The number of hydrogen-bond acceptors (Lipinski definition) is 2. The van der Waals surface area contributed by atoms with Crippen molar-refractivity contribution in [2.75, 3.05) is 0 Å². The summed E-state index contributed by atoms with van der Waals surface area (Å²) in [5.74, 6) is -0.787. The number of aryl methyl sites for hydroxylation is 1. The third kappa shape index (κ3) is 2.09. The van der Waals surface area contributed by atoms with Crippen molar-refractivity contribution in [2.45, 2.75) is 20.0 Å². The molecule has 2 nitrogen and oxygen atoms in total. The highest BCUT2D eigenvalue weighted by Crippen LogP contribution is 2.22. The van der Waals surface area contributed by atoms with Crippen molar-refractivity contribution in [3.05, 3.63) is 35.1 Å². The third-order valence-corrected chi connectivity index (χ3v) is 2.20. The van der Waals surface area contributed by atoms with E-state index in [2.05, 4.69) is 0 Å². The van der Waals surface area contributed by atoms with Gasteiger partial charge in [-0.1, -0.05) is 12.1 Å². The van der Waals surface area contributed by atoms with Gasteiger partial charge in [-0.2, -0.15) is 5.26 Å². The molecule has 0 bridgehead atoms. The van der Waals surface area contributed by atoms with Crippen molar-refractivity contribution >= 4 is 0 Å². The molecule has 0 fully saturated rings. The fourth-order valence-electron chi connectivity index (χ4n) is 1.21. The minimum absolute atomic E-state index is 0.300. The Labute approximate surface area is 82.6 Å². The molecule has 1 aromatic carbocycles. The van der Waals surface area contributed by atoms with E-state index in [0.29, 0.717) is 11.1 Å². The standard InChI is InChI=1S/C11H12FNO/c1-7-5-9(3-4-10(7)12)11(14)8(2)6-13/h3-5,8,11,14H,1-2H3. The predicted octanol–water partition coefficient (Wildman–Crippen LogP) is 2.33. The molecule has 0 aromatic heterocycles. The normalized spacial score (nSPS) is 14.5. The van der Waals surface area contributed by atoms with Crippen LogP contribution in [-0.4, -0.2) is 5.11 Å². The molecule has 0 amide bonds. The quantitative estimate of drug-likeness (QED) is 0.783. The zero-order chi connectivity index (χ0) is 10.7. The van der Waals surface area contributed by atoms with Crippen LogP contribution in [0.1, 0.15) is 24.2 Å². The first-order valence-electron chi connectivity index (χ1n) is 4.40. The number of aliphatic hydroxyl groups excluding tert-OH is 1. The second-order valence-electron chi connectivity index (χ2n) is 3.37. The van der Waals surface area contributed by atoms with E-state index in [1.165, 1.54) is 12.1 Å². The fourth-order valence-corrected chi connectivity index (χ4v) is 1.21. The first-order valence-corrected chi connectivity index (χ1v) is 4.40. The van der Waals surface area contributed by atoms with Crippen LogP contribution in [0.15, 0.2) is 18.2 Å². The molecule has 2 atom stereocenters. The fraction of sp³-hybridized carbons (Fsp3) is 0.364. The predicted molar refractivity (Wildman–Crippen MR) is 50.9 cm³/mol. The van der Waals surface area contributed by atoms with Crippen molar-refractivity contribution in [2.24, 2.45) is 5.92 Å². The largest absolute Gasteiger partial charge is 0.387 e. The highest BCUT2D eigenvalue weighted by atomic mass is 19.1. The Balaban J connectivity index is 2.98. The number of aliphatic hydroxyl groups is 1. The number of halogens is 1.